The average Bonchev–Trinajstić information content (AvgIpc) is 2.26. The van der Waals surface area contributed by atoms with Crippen molar-refractivity contribution >= 4 is 17.5 Å². The van der Waals surface area contributed by atoms with Crippen LogP contribution in [0.15, 0.2) is 24.3 Å². The largest absolute Gasteiger partial charge is 0.372 e. The predicted octanol–water partition coefficient (Wildman–Crippen LogP) is 2.55. The molecule has 0 saturated carbocycles. The van der Waals surface area contributed by atoms with Crippen LogP contribution >= 0.6 is 11.6 Å². The van der Waals surface area contributed by atoms with E-state index in [-0.39, 0.29) is 18.6 Å². The van der Waals surface area contributed by atoms with Gasteiger partial charge in [-0.15, -0.1) is 0 Å². The fourth-order valence-electron chi connectivity index (χ4n) is 1.38. The molecule has 3 nitrogen and oxygen atoms in total. The van der Waals surface area contributed by atoms with E-state index >= 15 is 0 Å². The Labute approximate surface area is 101 Å². The lowest BCUT2D eigenvalue weighted by Crippen LogP contribution is -2.30. The van der Waals surface area contributed by atoms with E-state index in [4.69, 9.17) is 16.3 Å². The second-order valence-electron chi connectivity index (χ2n) is 3.45. The van der Waals surface area contributed by atoms with Crippen molar-refractivity contribution < 1.29 is 9.53 Å². The molecule has 4 heteroatoms. The predicted molar refractivity (Wildman–Crippen MR) is 64.5 cm³/mol. The fraction of sp³-hybridized carbons (Fsp3) is 0.417. The average molecular weight is 242 g/mol. The van der Waals surface area contributed by atoms with Crippen molar-refractivity contribution in [3.63, 3.8) is 0 Å². The molecule has 0 bridgehead atoms. The Kier molecular flexibility index (Phi) is 5.29. The molecule has 88 valence electrons. The van der Waals surface area contributed by atoms with Crippen LogP contribution < -0.4 is 5.32 Å². The summed E-state index contributed by atoms with van der Waals surface area (Å²) < 4.78 is 5.02. The molecule has 0 saturated heterocycles. The van der Waals surface area contributed by atoms with Crippen LogP contribution in [0.3, 0.4) is 0 Å². The van der Waals surface area contributed by atoms with Gasteiger partial charge in [0.15, 0.2) is 0 Å². The van der Waals surface area contributed by atoms with Crippen LogP contribution in [0.5, 0.6) is 0 Å². The number of rotatable bonds is 5. The molecule has 1 unspecified atom stereocenters. The van der Waals surface area contributed by atoms with Gasteiger partial charge in [-0.25, -0.2) is 0 Å². The fourth-order valence-corrected chi connectivity index (χ4v) is 1.68. The van der Waals surface area contributed by atoms with E-state index in [1.165, 1.54) is 0 Å². The van der Waals surface area contributed by atoms with Crippen molar-refractivity contribution in [2.24, 2.45) is 0 Å². The molecule has 0 spiro atoms. The normalized spacial score (nSPS) is 12.2. The highest BCUT2D eigenvalue weighted by Gasteiger charge is 2.11. The van der Waals surface area contributed by atoms with Crippen LogP contribution in [0, 0.1) is 0 Å². The number of hydrogen-bond donors (Lipinski definition) is 1. The Bertz CT molecular complexity index is 355. The van der Waals surface area contributed by atoms with Crippen molar-refractivity contribution in [3.8, 4) is 0 Å². The van der Waals surface area contributed by atoms with Gasteiger partial charge in [0.25, 0.3) is 0 Å². The Hall–Kier alpha value is -1.06. The smallest absolute Gasteiger partial charge is 0.246 e. The summed E-state index contributed by atoms with van der Waals surface area (Å²) in [5, 5.41) is 3.48. The minimum Gasteiger partial charge on any atom is -0.372 e. The highest BCUT2D eigenvalue weighted by atomic mass is 35.5. The number of hydrogen-bond acceptors (Lipinski definition) is 2. The summed E-state index contributed by atoms with van der Waals surface area (Å²) in [7, 11) is 0. The first kappa shape index (κ1) is 13.0. The highest BCUT2D eigenvalue weighted by molar-refractivity contribution is 6.31. The van der Waals surface area contributed by atoms with Crippen molar-refractivity contribution in [1.29, 1.82) is 0 Å². The number of amides is 1. The number of nitrogens with one attached hydrogen (secondary N) is 1. The van der Waals surface area contributed by atoms with E-state index in [1.807, 2.05) is 38.1 Å². The van der Waals surface area contributed by atoms with Crippen LogP contribution in [-0.2, 0) is 9.53 Å². The van der Waals surface area contributed by atoms with Crippen LogP contribution in [0.2, 0.25) is 5.02 Å². The first-order valence-corrected chi connectivity index (χ1v) is 5.64. The SMILES string of the molecule is CCOCC(=O)NC(C)c1ccccc1Cl. The Morgan fingerprint density at radius 3 is 2.81 bits per heavy atom. The van der Waals surface area contributed by atoms with Gasteiger partial charge in [0.1, 0.15) is 6.61 Å². The van der Waals surface area contributed by atoms with Gasteiger partial charge in [0, 0.05) is 11.6 Å². The summed E-state index contributed by atoms with van der Waals surface area (Å²) in [6, 6.07) is 7.35. The van der Waals surface area contributed by atoms with Crippen LogP contribution in [0.25, 0.3) is 0 Å². The van der Waals surface area contributed by atoms with E-state index < -0.39 is 0 Å². The molecule has 0 aliphatic carbocycles. The minimum atomic E-state index is -0.130. The molecular weight excluding hydrogens is 226 g/mol. The van der Waals surface area contributed by atoms with Gasteiger partial charge in [-0.3, -0.25) is 4.79 Å². The molecule has 0 radical (unpaired) electrons. The number of ether oxygens (including phenoxy) is 1. The van der Waals surface area contributed by atoms with E-state index in [2.05, 4.69) is 5.32 Å². The van der Waals surface area contributed by atoms with Crippen molar-refractivity contribution in [2.45, 2.75) is 19.9 Å². The van der Waals surface area contributed by atoms with Crippen LogP contribution in [0.1, 0.15) is 25.5 Å². The van der Waals surface area contributed by atoms with E-state index in [9.17, 15) is 4.79 Å². The Morgan fingerprint density at radius 2 is 2.19 bits per heavy atom. The van der Waals surface area contributed by atoms with Gasteiger partial charge in [0.2, 0.25) is 5.91 Å². The quantitative estimate of drug-likeness (QED) is 0.861. The molecule has 1 aromatic carbocycles. The lowest BCUT2D eigenvalue weighted by Gasteiger charge is -2.15. The monoisotopic (exact) mass is 241 g/mol. The van der Waals surface area contributed by atoms with Crippen molar-refractivity contribution in [1.82, 2.24) is 5.32 Å². The number of carbonyl (C=O) groups is 1. The maximum atomic E-state index is 11.4. The summed E-state index contributed by atoms with van der Waals surface area (Å²) in [6.07, 6.45) is 0. The third-order valence-corrected chi connectivity index (χ3v) is 2.53. The minimum absolute atomic E-state index is 0.0886. The highest BCUT2D eigenvalue weighted by Crippen LogP contribution is 2.21. The van der Waals surface area contributed by atoms with Gasteiger partial charge in [-0.05, 0) is 25.5 Å². The summed E-state index contributed by atoms with van der Waals surface area (Å²) in [6.45, 7) is 4.37. The molecule has 16 heavy (non-hydrogen) atoms. The van der Waals surface area contributed by atoms with E-state index in [0.29, 0.717) is 11.6 Å². The lowest BCUT2D eigenvalue weighted by molar-refractivity contribution is -0.126. The molecule has 1 atom stereocenters. The lowest BCUT2D eigenvalue weighted by atomic mass is 10.1. The second kappa shape index (κ2) is 6.51. The van der Waals surface area contributed by atoms with Crippen LogP contribution in [0.4, 0.5) is 0 Å². The summed E-state index contributed by atoms with van der Waals surface area (Å²) in [5.74, 6) is -0.130. The third-order valence-electron chi connectivity index (χ3n) is 2.19. The maximum Gasteiger partial charge on any atom is 0.246 e. The summed E-state index contributed by atoms with van der Waals surface area (Å²) in [4.78, 5) is 11.4. The topological polar surface area (TPSA) is 38.3 Å². The Morgan fingerprint density at radius 1 is 1.50 bits per heavy atom. The number of halogens is 1. The maximum absolute atomic E-state index is 11.4. The number of benzene rings is 1. The standard InChI is InChI=1S/C12H16ClNO2/c1-3-16-8-12(15)14-9(2)10-6-4-5-7-11(10)13/h4-7,9H,3,8H2,1-2H3,(H,14,15). The first-order valence-electron chi connectivity index (χ1n) is 5.26. The first-order chi connectivity index (χ1) is 7.65. The Balaban J connectivity index is 2.55. The van der Waals surface area contributed by atoms with Crippen molar-refractivity contribution in [2.75, 3.05) is 13.2 Å². The summed E-state index contributed by atoms with van der Waals surface area (Å²) in [5.41, 5.74) is 0.911. The molecule has 0 aromatic heterocycles. The molecule has 1 amide bonds. The zero-order valence-electron chi connectivity index (χ0n) is 9.50. The summed E-state index contributed by atoms with van der Waals surface area (Å²) >= 11 is 6.02. The van der Waals surface area contributed by atoms with Gasteiger partial charge in [-0.2, -0.15) is 0 Å². The molecular formula is C12H16ClNO2. The van der Waals surface area contributed by atoms with Gasteiger partial charge in [0.05, 0.1) is 6.04 Å². The van der Waals surface area contributed by atoms with Crippen LogP contribution in [-0.4, -0.2) is 19.1 Å². The van der Waals surface area contributed by atoms with Gasteiger partial charge >= 0.3 is 0 Å². The molecule has 0 aliphatic rings. The zero-order valence-corrected chi connectivity index (χ0v) is 10.3. The van der Waals surface area contributed by atoms with Crippen molar-refractivity contribution in [3.05, 3.63) is 34.9 Å². The van der Waals surface area contributed by atoms with E-state index in [1.54, 1.807) is 0 Å². The molecule has 1 rings (SSSR count). The molecule has 1 aromatic rings. The van der Waals surface area contributed by atoms with E-state index in [0.717, 1.165) is 5.56 Å². The molecule has 0 aliphatic heterocycles. The molecule has 1 N–H and O–H groups in total. The van der Waals surface area contributed by atoms with Gasteiger partial charge in [-0.1, -0.05) is 29.8 Å². The zero-order chi connectivity index (χ0) is 12.0. The molecule has 0 fully saturated rings. The van der Waals surface area contributed by atoms with Gasteiger partial charge < -0.3 is 10.1 Å². The second-order valence-corrected chi connectivity index (χ2v) is 3.86. The number of carbonyl (C=O) groups excluding carboxylic acids is 1. The molecule has 0 heterocycles. The third kappa shape index (κ3) is 3.83.